The molecule has 1 fully saturated rings. The Kier molecular flexibility index (Phi) is 7.16. The van der Waals surface area contributed by atoms with Crippen LogP contribution in [0.1, 0.15) is 31.0 Å². The van der Waals surface area contributed by atoms with E-state index in [9.17, 15) is 4.79 Å². The van der Waals surface area contributed by atoms with E-state index in [-0.39, 0.29) is 12.5 Å². The van der Waals surface area contributed by atoms with E-state index in [4.69, 9.17) is 9.73 Å². The second-order valence-corrected chi connectivity index (χ2v) is 7.41. The lowest BCUT2D eigenvalue weighted by atomic mass is 10.2. The number of benzene rings is 1. The molecule has 3 rings (SSSR count). The van der Waals surface area contributed by atoms with Crippen molar-refractivity contribution in [3.05, 3.63) is 53.9 Å². The third-order valence-corrected chi connectivity index (χ3v) is 4.77. The molecule has 7 heteroatoms. The van der Waals surface area contributed by atoms with Crippen LogP contribution < -0.4 is 15.4 Å². The van der Waals surface area contributed by atoms with Gasteiger partial charge in [0.1, 0.15) is 5.75 Å². The highest BCUT2D eigenvalue weighted by Crippen LogP contribution is 2.19. The van der Waals surface area contributed by atoms with Crippen LogP contribution in [-0.2, 0) is 24.9 Å². The molecule has 1 aliphatic rings. The Bertz CT molecular complexity index is 841. The average molecular weight is 398 g/mol. The van der Waals surface area contributed by atoms with E-state index in [0.29, 0.717) is 18.3 Å². The molecule has 0 bridgehead atoms. The molecule has 2 aromatic rings. The van der Waals surface area contributed by atoms with Gasteiger partial charge in [0.05, 0.1) is 13.1 Å². The average Bonchev–Trinajstić information content (AvgIpc) is 3.44. The van der Waals surface area contributed by atoms with Gasteiger partial charge in [-0.25, -0.2) is 4.99 Å². The number of hydrogen-bond donors (Lipinski definition) is 2. The van der Waals surface area contributed by atoms with E-state index in [1.165, 1.54) is 5.69 Å². The molecular weight excluding hydrogens is 366 g/mol. The summed E-state index contributed by atoms with van der Waals surface area (Å²) in [7, 11) is 4.08. The van der Waals surface area contributed by atoms with Crippen molar-refractivity contribution in [1.29, 1.82) is 0 Å². The Labute approximate surface area is 172 Å². The summed E-state index contributed by atoms with van der Waals surface area (Å²) in [5.41, 5.74) is 2.26. The highest BCUT2D eigenvalue weighted by molar-refractivity contribution is 5.79. The lowest BCUT2D eigenvalue weighted by Gasteiger charge is -2.22. The van der Waals surface area contributed by atoms with Crippen LogP contribution in [0.2, 0.25) is 0 Å². The fourth-order valence-corrected chi connectivity index (χ4v) is 2.99. The number of aryl methyl sites for hydroxylation is 1. The van der Waals surface area contributed by atoms with Crippen LogP contribution in [0.15, 0.2) is 47.6 Å². The van der Waals surface area contributed by atoms with E-state index in [1.54, 1.807) is 0 Å². The number of carbonyl (C=O) groups is 1. The molecule has 1 heterocycles. The Balaban J connectivity index is 1.57. The first-order valence-electron chi connectivity index (χ1n) is 10.2. The van der Waals surface area contributed by atoms with Gasteiger partial charge in [0.25, 0.3) is 5.91 Å². The molecule has 0 unspecified atom stereocenters. The Hall–Kier alpha value is -2.96. The number of amides is 1. The zero-order valence-corrected chi connectivity index (χ0v) is 17.5. The van der Waals surface area contributed by atoms with Gasteiger partial charge in [0.2, 0.25) is 0 Å². The van der Waals surface area contributed by atoms with Gasteiger partial charge in [-0.2, -0.15) is 0 Å². The fourth-order valence-electron chi connectivity index (χ4n) is 2.99. The lowest BCUT2D eigenvalue weighted by molar-refractivity contribution is -0.123. The minimum atomic E-state index is -0.0624. The van der Waals surface area contributed by atoms with E-state index < -0.39 is 0 Å². The number of aliphatic imine (C=N–C) groups is 1. The first-order chi connectivity index (χ1) is 14.0. The molecule has 0 atom stereocenters. The SMILES string of the molecule is CCNC(=NCc1cccc(OCC(=O)NC2CC2)c1)N(C)Cc1cccn1C. The lowest BCUT2D eigenvalue weighted by Crippen LogP contribution is -2.38. The maximum absolute atomic E-state index is 11.8. The van der Waals surface area contributed by atoms with Gasteiger partial charge < -0.3 is 24.8 Å². The Morgan fingerprint density at radius 3 is 2.83 bits per heavy atom. The zero-order valence-electron chi connectivity index (χ0n) is 17.5. The third kappa shape index (κ3) is 6.55. The van der Waals surface area contributed by atoms with Crippen LogP contribution in [0.4, 0.5) is 0 Å². The maximum Gasteiger partial charge on any atom is 0.258 e. The number of rotatable bonds is 9. The number of nitrogens with one attached hydrogen (secondary N) is 2. The number of carbonyl (C=O) groups excluding carboxylic acids is 1. The number of guanidine groups is 1. The van der Waals surface area contributed by atoms with Gasteiger partial charge in [0, 0.05) is 38.6 Å². The fraction of sp³-hybridized carbons (Fsp3) is 0.455. The van der Waals surface area contributed by atoms with Crippen molar-refractivity contribution < 1.29 is 9.53 Å². The highest BCUT2D eigenvalue weighted by Gasteiger charge is 2.23. The standard InChI is InChI=1S/C22H31N5O2/c1-4-23-22(27(3)15-19-8-6-12-26(19)2)24-14-17-7-5-9-20(13-17)29-16-21(28)25-18-10-11-18/h5-9,12-13,18H,4,10-11,14-16H2,1-3H3,(H,23,24)(H,25,28). The number of hydrogen-bond acceptors (Lipinski definition) is 3. The molecule has 0 radical (unpaired) electrons. The second-order valence-electron chi connectivity index (χ2n) is 7.41. The molecule has 1 aromatic heterocycles. The summed E-state index contributed by atoms with van der Waals surface area (Å²) in [5.74, 6) is 1.47. The minimum absolute atomic E-state index is 0.0469. The largest absolute Gasteiger partial charge is 0.484 e. The summed E-state index contributed by atoms with van der Waals surface area (Å²) in [5, 5.41) is 6.27. The number of aromatic nitrogens is 1. The van der Waals surface area contributed by atoms with Crippen LogP contribution in [0, 0.1) is 0 Å². The summed E-state index contributed by atoms with van der Waals surface area (Å²) >= 11 is 0. The maximum atomic E-state index is 11.8. The Morgan fingerprint density at radius 2 is 2.14 bits per heavy atom. The van der Waals surface area contributed by atoms with Crippen molar-refractivity contribution in [2.45, 2.75) is 38.9 Å². The van der Waals surface area contributed by atoms with E-state index >= 15 is 0 Å². The first-order valence-corrected chi connectivity index (χ1v) is 10.2. The topological polar surface area (TPSA) is 70.9 Å². The molecule has 0 saturated heterocycles. The van der Waals surface area contributed by atoms with Crippen LogP contribution in [0.25, 0.3) is 0 Å². The monoisotopic (exact) mass is 397 g/mol. The summed E-state index contributed by atoms with van der Waals surface area (Å²) in [6.07, 6.45) is 4.20. The molecule has 1 saturated carbocycles. The molecule has 1 amide bonds. The van der Waals surface area contributed by atoms with Crippen molar-refractivity contribution in [2.75, 3.05) is 20.2 Å². The van der Waals surface area contributed by atoms with Crippen molar-refractivity contribution in [3.63, 3.8) is 0 Å². The molecule has 2 N–H and O–H groups in total. The molecule has 0 spiro atoms. The quantitative estimate of drug-likeness (QED) is 0.503. The Morgan fingerprint density at radius 1 is 1.31 bits per heavy atom. The van der Waals surface area contributed by atoms with Gasteiger partial charge in [-0.15, -0.1) is 0 Å². The van der Waals surface area contributed by atoms with Crippen molar-refractivity contribution in [2.24, 2.45) is 12.0 Å². The predicted octanol–water partition coefficient (Wildman–Crippen LogP) is 2.28. The van der Waals surface area contributed by atoms with Gasteiger partial charge in [0.15, 0.2) is 12.6 Å². The molecule has 1 aliphatic carbocycles. The minimum Gasteiger partial charge on any atom is -0.484 e. The number of ether oxygens (including phenoxy) is 1. The molecule has 29 heavy (non-hydrogen) atoms. The number of nitrogens with zero attached hydrogens (tertiary/aromatic N) is 3. The van der Waals surface area contributed by atoms with Crippen molar-refractivity contribution in [3.8, 4) is 5.75 Å². The van der Waals surface area contributed by atoms with Crippen LogP contribution >= 0.6 is 0 Å². The molecule has 156 valence electrons. The van der Waals surface area contributed by atoms with Gasteiger partial charge in [-0.05, 0) is 49.6 Å². The molecule has 1 aromatic carbocycles. The highest BCUT2D eigenvalue weighted by atomic mass is 16.5. The molecule has 7 nitrogen and oxygen atoms in total. The zero-order chi connectivity index (χ0) is 20.6. The second kappa shape index (κ2) is 10.0. The van der Waals surface area contributed by atoms with Crippen LogP contribution in [0.5, 0.6) is 5.75 Å². The van der Waals surface area contributed by atoms with E-state index in [0.717, 1.165) is 37.5 Å². The summed E-state index contributed by atoms with van der Waals surface area (Å²) in [4.78, 5) is 18.7. The van der Waals surface area contributed by atoms with Crippen LogP contribution in [0.3, 0.4) is 0 Å². The van der Waals surface area contributed by atoms with Gasteiger partial charge in [-0.3, -0.25) is 4.79 Å². The normalized spacial score (nSPS) is 13.8. The van der Waals surface area contributed by atoms with E-state index in [2.05, 4.69) is 33.1 Å². The van der Waals surface area contributed by atoms with Gasteiger partial charge in [-0.1, -0.05) is 12.1 Å². The first kappa shape index (κ1) is 20.8. The predicted molar refractivity (Wildman–Crippen MR) is 115 cm³/mol. The summed E-state index contributed by atoms with van der Waals surface area (Å²) in [6, 6.07) is 12.3. The summed E-state index contributed by atoms with van der Waals surface area (Å²) in [6.45, 7) is 4.22. The molecule has 0 aliphatic heterocycles. The van der Waals surface area contributed by atoms with Crippen molar-refractivity contribution in [1.82, 2.24) is 20.1 Å². The summed E-state index contributed by atoms with van der Waals surface area (Å²) < 4.78 is 7.74. The van der Waals surface area contributed by atoms with Crippen molar-refractivity contribution >= 4 is 11.9 Å². The van der Waals surface area contributed by atoms with Crippen LogP contribution in [-0.4, -0.2) is 47.6 Å². The smallest absolute Gasteiger partial charge is 0.258 e. The van der Waals surface area contributed by atoms with E-state index in [1.807, 2.05) is 50.6 Å². The molecular formula is C22H31N5O2. The van der Waals surface area contributed by atoms with Gasteiger partial charge >= 0.3 is 0 Å². The third-order valence-electron chi connectivity index (χ3n) is 4.77.